The van der Waals surface area contributed by atoms with E-state index in [0.717, 1.165) is 0 Å². The summed E-state index contributed by atoms with van der Waals surface area (Å²) in [6, 6.07) is -0.427. The molecule has 0 amide bonds. The standard InChI is InChI=1S/C14H25N3O3/c1-13(2,3)10(11(18)19-7)15-8-9-16-12(20-17-9)14(4,5)6/h10,15H,8H2,1-7H3/t10-/m0/s1. The van der Waals surface area contributed by atoms with E-state index in [4.69, 9.17) is 9.26 Å². The first-order chi connectivity index (χ1) is 9.05. The summed E-state index contributed by atoms with van der Waals surface area (Å²) in [5.41, 5.74) is -0.444. The molecule has 1 aromatic rings. The molecule has 1 rings (SSSR count). The number of aromatic nitrogens is 2. The monoisotopic (exact) mass is 283 g/mol. The second kappa shape index (κ2) is 5.91. The van der Waals surface area contributed by atoms with Crippen molar-refractivity contribution in [3.8, 4) is 0 Å². The number of carbonyl (C=O) groups is 1. The lowest BCUT2D eigenvalue weighted by Gasteiger charge is -2.28. The Labute approximate surface area is 120 Å². The maximum absolute atomic E-state index is 11.8. The molecule has 1 N–H and O–H groups in total. The first kappa shape index (κ1) is 16.6. The third kappa shape index (κ3) is 4.30. The number of methoxy groups -OCH3 is 1. The summed E-state index contributed by atoms with van der Waals surface area (Å²) < 4.78 is 10.0. The zero-order valence-electron chi connectivity index (χ0n) is 13.4. The van der Waals surface area contributed by atoms with Gasteiger partial charge in [-0.15, -0.1) is 0 Å². The third-order valence-corrected chi connectivity index (χ3v) is 2.88. The lowest BCUT2D eigenvalue weighted by molar-refractivity contribution is -0.146. The fourth-order valence-corrected chi connectivity index (χ4v) is 1.68. The highest BCUT2D eigenvalue weighted by Gasteiger charge is 2.32. The van der Waals surface area contributed by atoms with E-state index in [1.54, 1.807) is 0 Å². The van der Waals surface area contributed by atoms with E-state index >= 15 is 0 Å². The van der Waals surface area contributed by atoms with Gasteiger partial charge in [0.1, 0.15) is 6.04 Å². The van der Waals surface area contributed by atoms with Gasteiger partial charge in [0.2, 0.25) is 5.89 Å². The quantitative estimate of drug-likeness (QED) is 0.852. The number of nitrogens with one attached hydrogen (secondary N) is 1. The van der Waals surface area contributed by atoms with Crippen molar-refractivity contribution < 1.29 is 14.1 Å². The molecule has 1 atom stereocenters. The largest absolute Gasteiger partial charge is 0.468 e. The van der Waals surface area contributed by atoms with Gasteiger partial charge in [0.05, 0.1) is 13.7 Å². The van der Waals surface area contributed by atoms with Crippen LogP contribution in [0.5, 0.6) is 0 Å². The van der Waals surface area contributed by atoms with Gasteiger partial charge in [-0.05, 0) is 5.41 Å². The van der Waals surface area contributed by atoms with Gasteiger partial charge in [0.15, 0.2) is 5.82 Å². The van der Waals surface area contributed by atoms with Crippen molar-refractivity contribution in [2.45, 2.75) is 59.5 Å². The second-order valence-electron chi connectivity index (χ2n) is 6.97. The van der Waals surface area contributed by atoms with Crippen LogP contribution in [0.25, 0.3) is 0 Å². The Morgan fingerprint density at radius 3 is 2.30 bits per heavy atom. The molecule has 6 heteroatoms. The van der Waals surface area contributed by atoms with Gasteiger partial charge in [-0.25, -0.2) is 0 Å². The highest BCUT2D eigenvalue weighted by atomic mass is 16.5. The molecule has 6 nitrogen and oxygen atoms in total. The summed E-state index contributed by atoms with van der Waals surface area (Å²) in [5.74, 6) is 0.824. The minimum absolute atomic E-state index is 0.184. The fourth-order valence-electron chi connectivity index (χ4n) is 1.68. The third-order valence-electron chi connectivity index (χ3n) is 2.88. The Bertz CT molecular complexity index is 455. The molecule has 20 heavy (non-hydrogen) atoms. The van der Waals surface area contributed by atoms with Gasteiger partial charge >= 0.3 is 5.97 Å². The van der Waals surface area contributed by atoms with E-state index in [0.29, 0.717) is 18.3 Å². The Kier molecular flexibility index (Phi) is 4.91. The lowest BCUT2D eigenvalue weighted by Crippen LogP contribution is -2.46. The molecule has 0 aromatic carbocycles. The Morgan fingerprint density at radius 2 is 1.90 bits per heavy atom. The number of carbonyl (C=O) groups excluding carboxylic acids is 1. The summed E-state index contributed by atoms with van der Waals surface area (Å²) in [5, 5.41) is 7.05. The molecule has 114 valence electrons. The van der Waals surface area contributed by atoms with E-state index in [1.165, 1.54) is 7.11 Å². The predicted octanol–water partition coefficient (Wildman–Crippen LogP) is 2.04. The van der Waals surface area contributed by atoms with Gasteiger partial charge in [-0.2, -0.15) is 4.98 Å². The van der Waals surface area contributed by atoms with Crippen LogP contribution >= 0.6 is 0 Å². The van der Waals surface area contributed by atoms with Crippen LogP contribution in [0.4, 0.5) is 0 Å². The molecule has 0 saturated heterocycles. The number of esters is 1. The van der Waals surface area contributed by atoms with E-state index in [2.05, 4.69) is 15.5 Å². The molecule has 0 aliphatic carbocycles. The van der Waals surface area contributed by atoms with Crippen LogP contribution in [0.3, 0.4) is 0 Å². The van der Waals surface area contributed by atoms with Crippen LogP contribution in [0.2, 0.25) is 0 Å². The minimum atomic E-state index is -0.427. The van der Waals surface area contributed by atoms with Crippen molar-refractivity contribution in [3.63, 3.8) is 0 Å². The first-order valence-corrected chi connectivity index (χ1v) is 6.70. The molecular formula is C14H25N3O3. The van der Waals surface area contributed by atoms with Crippen LogP contribution in [-0.4, -0.2) is 29.3 Å². The normalized spacial score (nSPS) is 14.2. The van der Waals surface area contributed by atoms with Crippen molar-refractivity contribution in [1.82, 2.24) is 15.5 Å². The lowest BCUT2D eigenvalue weighted by atomic mass is 9.87. The molecular weight excluding hydrogens is 258 g/mol. The molecule has 0 bridgehead atoms. The van der Waals surface area contributed by atoms with Gasteiger partial charge < -0.3 is 9.26 Å². The average molecular weight is 283 g/mol. The molecule has 1 aromatic heterocycles. The Morgan fingerprint density at radius 1 is 1.30 bits per heavy atom. The predicted molar refractivity (Wildman–Crippen MR) is 75.1 cm³/mol. The highest BCUT2D eigenvalue weighted by molar-refractivity contribution is 5.76. The van der Waals surface area contributed by atoms with Crippen molar-refractivity contribution in [2.75, 3.05) is 7.11 Å². The zero-order chi connectivity index (χ0) is 15.6. The topological polar surface area (TPSA) is 77.2 Å². The van der Waals surface area contributed by atoms with E-state index < -0.39 is 6.04 Å². The van der Waals surface area contributed by atoms with Crippen LogP contribution in [0.15, 0.2) is 4.52 Å². The molecule has 0 fully saturated rings. The van der Waals surface area contributed by atoms with Gasteiger partial charge in [-0.3, -0.25) is 10.1 Å². The van der Waals surface area contributed by atoms with Crippen LogP contribution < -0.4 is 5.32 Å². The highest BCUT2D eigenvalue weighted by Crippen LogP contribution is 2.22. The smallest absolute Gasteiger partial charge is 0.323 e. The Balaban J connectivity index is 2.74. The first-order valence-electron chi connectivity index (χ1n) is 6.70. The molecule has 0 unspecified atom stereocenters. The van der Waals surface area contributed by atoms with E-state index in [9.17, 15) is 4.79 Å². The van der Waals surface area contributed by atoms with Gasteiger partial charge in [0.25, 0.3) is 0 Å². The van der Waals surface area contributed by atoms with Crippen molar-refractivity contribution in [1.29, 1.82) is 0 Å². The summed E-state index contributed by atoms with van der Waals surface area (Å²) in [6.45, 7) is 12.3. The number of hydrogen-bond donors (Lipinski definition) is 1. The molecule has 0 saturated carbocycles. The second-order valence-corrected chi connectivity index (χ2v) is 6.97. The van der Waals surface area contributed by atoms with Crippen LogP contribution in [-0.2, 0) is 21.5 Å². The maximum Gasteiger partial charge on any atom is 0.323 e. The van der Waals surface area contributed by atoms with Gasteiger partial charge in [0, 0.05) is 5.41 Å². The fraction of sp³-hybridized carbons (Fsp3) is 0.786. The van der Waals surface area contributed by atoms with Crippen molar-refractivity contribution in [2.24, 2.45) is 5.41 Å². The molecule has 0 spiro atoms. The van der Waals surface area contributed by atoms with Crippen LogP contribution in [0.1, 0.15) is 53.3 Å². The number of nitrogens with zero attached hydrogens (tertiary/aromatic N) is 2. The number of rotatable bonds is 4. The summed E-state index contributed by atoms with van der Waals surface area (Å²) in [4.78, 5) is 16.1. The molecule has 1 heterocycles. The SMILES string of the molecule is COC(=O)[C@H](NCc1noc(C(C)(C)C)n1)C(C)(C)C. The summed E-state index contributed by atoms with van der Waals surface area (Å²) in [7, 11) is 1.38. The summed E-state index contributed by atoms with van der Waals surface area (Å²) >= 11 is 0. The van der Waals surface area contributed by atoms with Crippen molar-refractivity contribution in [3.05, 3.63) is 11.7 Å². The summed E-state index contributed by atoms with van der Waals surface area (Å²) in [6.07, 6.45) is 0. The minimum Gasteiger partial charge on any atom is -0.468 e. The van der Waals surface area contributed by atoms with Crippen LogP contribution in [0, 0.1) is 5.41 Å². The van der Waals surface area contributed by atoms with E-state index in [1.807, 2.05) is 41.5 Å². The zero-order valence-corrected chi connectivity index (χ0v) is 13.4. The number of ether oxygens (including phenoxy) is 1. The maximum atomic E-state index is 11.8. The molecule has 0 aliphatic heterocycles. The Hall–Kier alpha value is -1.43. The van der Waals surface area contributed by atoms with Gasteiger partial charge in [-0.1, -0.05) is 46.7 Å². The molecule has 0 radical (unpaired) electrons. The number of hydrogen-bond acceptors (Lipinski definition) is 6. The molecule has 0 aliphatic rings. The average Bonchev–Trinajstić information content (AvgIpc) is 2.75. The van der Waals surface area contributed by atoms with E-state index in [-0.39, 0.29) is 16.8 Å². The van der Waals surface area contributed by atoms with Crippen molar-refractivity contribution >= 4 is 5.97 Å².